The summed E-state index contributed by atoms with van der Waals surface area (Å²) >= 11 is 0. The normalized spacial score (nSPS) is 18.4. The first-order valence-corrected chi connectivity index (χ1v) is 6.36. The van der Waals surface area contributed by atoms with Crippen molar-refractivity contribution in [2.45, 2.75) is 45.2 Å². The van der Waals surface area contributed by atoms with Crippen LogP contribution in [0.5, 0.6) is 0 Å². The Balaban J connectivity index is 2.37. The van der Waals surface area contributed by atoms with Crippen LogP contribution in [0.2, 0.25) is 0 Å². The molecule has 6 heteroatoms. The van der Waals surface area contributed by atoms with Crippen molar-refractivity contribution in [3.05, 3.63) is 0 Å². The van der Waals surface area contributed by atoms with Crippen molar-refractivity contribution < 1.29 is 19.4 Å². The Morgan fingerprint density at radius 3 is 2.44 bits per heavy atom. The first kappa shape index (κ1) is 14.8. The number of carboxylic acids is 1. The van der Waals surface area contributed by atoms with Crippen LogP contribution in [0.4, 0.5) is 4.79 Å². The minimum absolute atomic E-state index is 0.0762. The van der Waals surface area contributed by atoms with Crippen molar-refractivity contribution in [2.75, 3.05) is 13.2 Å². The Morgan fingerprint density at radius 1 is 1.33 bits per heavy atom. The van der Waals surface area contributed by atoms with Gasteiger partial charge < -0.3 is 20.5 Å². The third-order valence-electron chi connectivity index (χ3n) is 2.87. The van der Waals surface area contributed by atoms with E-state index in [1.54, 1.807) is 0 Å². The molecule has 0 aliphatic carbocycles. The number of carbonyl (C=O) groups excluding carboxylic acids is 1. The van der Waals surface area contributed by atoms with Gasteiger partial charge in [-0.1, -0.05) is 13.8 Å². The van der Waals surface area contributed by atoms with E-state index < -0.39 is 18.0 Å². The molecule has 1 saturated heterocycles. The first-order valence-electron chi connectivity index (χ1n) is 6.36. The number of carboxylic acid groups (broad SMARTS) is 1. The van der Waals surface area contributed by atoms with Gasteiger partial charge in [0.2, 0.25) is 0 Å². The molecule has 1 aliphatic heterocycles. The predicted octanol–water partition coefficient (Wildman–Crippen LogP) is 0.964. The molecule has 0 aromatic heterocycles. The zero-order valence-electron chi connectivity index (χ0n) is 10.9. The maximum absolute atomic E-state index is 11.7. The Bertz CT molecular complexity index is 288. The highest BCUT2D eigenvalue weighted by Gasteiger charge is 2.23. The van der Waals surface area contributed by atoms with E-state index in [2.05, 4.69) is 10.6 Å². The lowest BCUT2D eigenvalue weighted by molar-refractivity contribution is -0.139. The maximum atomic E-state index is 11.7. The summed E-state index contributed by atoms with van der Waals surface area (Å²) < 4.78 is 5.19. The van der Waals surface area contributed by atoms with Gasteiger partial charge in [-0.15, -0.1) is 0 Å². The second-order valence-electron chi connectivity index (χ2n) is 5.02. The predicted molar refractivity (Wildman–Crippen MR) is 66.4 cm³/mol. The summed E-state index contributed by atoms with van der Waals surface area (Å²) in [6, 6.07) is -1.16. The number of rotatable bonds is 5. The lowest BCUT2D eigenvalue weighted by Crippen LogP contribution is -2.50. The highest BCUT2D eigenvalue weighted by molar-refractivity contribution is 5.82. The molecule has 18 heavy (non-hydrogen) atoms. The maximum Gasteiger partial charge on any atom is 0.326 e. The zero-order chi connectivity index (χ0) is 13.5. The van der Waals surface area contributed by atoms with Gasteiger partial charge in [0.05, 0.1) is 0 Å². The van der Waals surface area contributed by atoms with E-state index >= 15 is 0 Å². The molecular formula is C12H22N2O4. The van der Waals surface area contributed by atoms with Gasteiger partial charge in [-0.2, -0.15) is 0 Å². The van der Waals surface area contributed by atoms with Gasteiger partial charge in [-0.25, -0.2) is 9.59 Å². The van der Waals surface area contributed by atoms with Crippen LogP contribution < -0.4 is 10.6 Å². The fraction of sp³-hybridized carbons (Fsp3) is 0.833. The molecule has 6 nitrogen and oxygen atoms in total. The average Bonchev–Trinajstić information content (AvgIpc) is 2.28. The number of hydrogen-bond acceptors (Lipinski definition) is 3. The van der Waals surface area contributed by atoms with Gasteiger partial charge in [0.1, 0.15) is 6.04 Å². The Hall–Kier alpha value is -1.30. The highest BCUT2D eigenvalue weighted by atomic mass is 16.5. The summed E-state index contributed by atoms with van der Waals surface area (Å²) in [5.74, 6) is -0.777. The van der Waals surface area contributed by atoms with Crippen LogP contribution in [0.15, 0.2) is 0 Å². The number of amides is 2. The number of hydrogen-bond donors (Lipinski definition) is 3. The second kappa shape index (κ2) is 7.20. The molecule has 1 atom stereocenters. The quantitative estimate of drug-likeness (QED) is 0.685. The SMILES string of the molecule is CC(C)CC(NC(=O)NC1CCOCC1)C(=O)O. The van der Waals surface area contributed by atoms with E-state index in [1.165, 1.54) is 0 Å². The van der Waals surface area contributed by atoms with Crippen molar-refractivity contribution in [3.63, 3.8) is 0 Å². The monoisotopic (exact) mass is 258 g/mol. The lowest BCUT2D eigenvalue weighted by Gasteiger charge is -2.24. The Kier molecular flexibility index (Phi) is 5.91. The molecule has 104 valence electrons. The first-order chi connectivity index (χ1) is 8.49. The second-order valence-corrected chi connectivity index (χ2v) is 5.02. The van der Waals surface area contributed by atoms with Gasteiger partial charge >= 0.3 is 12.0 Å². The minimum atomic E-state index is -0.995. The number of nitrogens with one attached hydrogen (secondary N) is 2. The molecule has 1 aliphatic rings. The molecule has 0 bridgehead atoms. The third-order valence-corrected chi connectivity index (χ3v) is 2.87. The molecule has 0 saturated carbocycles. The van der Waals surface area contributed by atoms with Crippen LogP contribution in [0.1, 0.15) is 33.1 Å². The molecule has 1 fully saturated rings. The zero-order valence-corrected chi connectivity index (χ0v) is 10.9. The third kappa shape index (κ3) is 5.35. The van der Waals surface area contributed by atoms with Crippen LogP contribution in [0.3, 0.4) is 0 Å². The standard InChI is InChI=1S/C12H22N2O4/c1-8(2)7-10(11(15)16)14-12(17)13-9-3-5-18-6-4-9/h8-10H,3-7H2,1-2H3,(H,15,16)(H2,13,14,17). The Morgan fingerprint density at radius 2 is 1.94 bits per heavy atom. The molecule has 0 aromatic rings. The summed E-state index contributed by atoms with van der Waals surface area (Å²) in [5.41, 5.74) is 0. The molecule has 0 aromatic carbocycles. The fourth-order valence-corrected chi connectivity index (χ4v) is 1.92. The van der Waals surface area contributed by atoms with Crippen molar-refractivity contribution in [3.8, 4) is 0 Å². The van der Waals surface area contributed by atoms with Crippen molar-refractivity contribution in [2.24, 2.45) is 5.92 Å². The molecule has 2 amide bonds. The summed E-state index contributed by atoms with van der Waals surface area (Å²) in [6.07, 6.45) is 1.97. The Labute approximate surface area is 107 Å². The van der Waals surface area contributed by atoms with Crippen LogP contribution in [0.25, 0.3) is 0 Å². The summed E-state index contributed by atoms with van der Waals surface area (Å²) in [5, 5.41) is 14.3. The number of ether oxygens (including phenoxy) is 1. The van der Waals surface area contributed by atoms with Crippen molar-refractivity contribution in [1.29, 1.82) is 0 Å². The smallest absolute Gasteiger partial charge is 0.326 e. The van der Waals surface area contributed by atoms with Crippen molar-refractivity contribution >= 4 is 12.0 Å². The van der Waals surface area contributed by atoms with Crippen LogP contribution in [-0.4, -0.2) is 42.4 Å². The van der Waals surface area contributed by atoms with Gasteiger partial charge in [-0.3, -0.25) is 0 Å². The van der Waals surface area contributed by atoms with E-state index in [1.807, 2.05) is 13.8 Å². The molecule has 1 unspecified atom stereocenters. The van der Waals surface area contributed by atoms with Gasteiger partial charge in [-0.05, 0) is 25.2 Å². The fourth-order valence-electron chi connectivity index (χ4n) is 1.92. The highest BCUT2D eigenvalue weighted by Crippen LogP contribution is 2.07. The minimum Gasteiger partial charge on any atom is -0.480 e. The largest absolute Gasteiger partial charge is 0.480 e. The van der Waals surface area contributed by atoms with E-state index in [0.717, 1.165) is 12.8 Å². The van der Waals surface area contributed by atoms with Crippen LogP contribution >= 0.6 is 0 Å². The number of carbonyl (C=O) groups is 2. The summed E-state index contributed by atoms with van der Waals surface area (Å²) in [4.78, 5) is 22.7. The lowest BCUT2D eigenvalue weighted by atomic mass is 10.0. The van der Waals surface area contributed by atoms with Gasteiger partial charge in [0.15, 0.2) is 0 Å². The van der Waals surface area contributed by atoms with Crippen molar-refractivity contribution in [1.82, 2.24) is 10.6 Å². The van der Waals surface area contributed by atoms with E-state index in [0.29, 0.717) is 19.6 Å². The van der Waals surface area contributed by atoms with Crippen LogP contribution in [-0.2, 0) is 9.53 Å². The molecule has 0 radical (unpaired) electrons. The van der Waals surface area contributed by atoms with E-state index in [-0.39, 0.29) is 12.0 Å². The van der Waals surface area contributed by atoms with E-state index in [9.17, 15) is 9.59 Å². The topological polar surface area (TPSA) is 87.7 Å². The summed E-state index contributed by atoms with van der Waals surface area (Å²) in [6.45, 7) is 5.13. The van der Waals surface area contributed by atoms with Gasteiger partial charge in [0, 0.05) is 19.3 Å². The number of urea groups is 1. The van der Waals surface area contributed by atoms with Crippen LogP contribution in [0, 0.1) is 5.92 Å². The number of aliphatic carboxylic acids is 1. The average molecular weight is 258 g/mol. The molecule has 0 spiro atoms. The molecule has 3 N–H and O–H groups in total. The summed E-state index contributed by atoms with van der Waals surface area (Å²) in [7, 11) is 0. The van der Waals surface area contributed by atoms with Gasteiger partial charge in [0.25, 0.3) is 0 Å². The molecule has 1 heterocycles. The molecule has 1 rings (SSSR count). The molecular weight excluding hydrogens is 236 g/mol. The van der Waals surface area contributed by atoms with E-state index in [4.69, 9.17) is 9.84 Å².